The van der Waals surface area contributed by atoms with Crippen molar-refractivity contribution in [2.45, 2.75) is 19.9 Å². The molecule has 0 fully saturated rings. The van der Waals surface area contributed by atoms with E-state index in [-0.39, 0.29) is 5.84 Å². The number of amides is 1. The molecule has 1 aromatic carbocycles. The molecule has 1 atom stereocenters. The van der Waals surface area contributed by atoms with Gasteiger partial charge >= 0.3 is 0 Å². The molecule has 1 amide bonds. The summed E-state index contributed by atoms with van der Waals surface area (Å²) in [6, 6.07) is 3.26. The van der Waals surface area contributed by atoms with Crippen molar-refractivity contribution < 1.29 is 14.4 Å². The van der Waals surface area contributed by atoms with E-state index in [0.29, 0.717) is 11.1 Å². The van der Waals surface area contributed by atoms with Crippen LogP contribution in [-0.2, 0) is 0 Å². The molecule has 0 bridgehead atoms. The molecule has 6 heteroatoms. The van der Waals surface area contributed by atoms with E-state index in [1.54, 1.807) is 13.8 Å². The van der Waals surface area contributed by atoms with Crippen LogP contribution in [0.2, 0.25) is 0 Å². The van der Waals surface area contributed by atoms with Gasteiger partial charge in [-0.15, -0.1) is 0 Å². The van der Waals surface area contributed by atoms with E-state index in [1.807, 2.05) is 0 Å². The zero-order valence-electron chi connectivity index (χ0n) is 9.57. The predicted octanol–water partition coefficient (Wildman–Crippen LogP) is 0.999. The SMILES string of the molecule is Cc1cc(F)ccc1C(=O)NC(C)/C(N)=N/O. The molecule has 1 rings (SSSR count). The number of nitrogens with one attached hydrogen (secondary N) is 1. The molecule has 0 saturated carbocycles. The minimum Gasteiger partial charge on any atom is -0.409 e. The van der Waals surface area contributed by atoms with E-state index in [9.17, 15) is 9.18 Å². The molecule has 1 aromatic rings. The van der Waals surface area contributed by atoms with Gasteiger partial charge in [-0.2, -0.15) is 0 Å². The van der Waals surface area contributed by atoms with Crippen molar-refractivity contribution in [1.82, 2.24) is 5.32 Å². The Kier molecular flexibility index (Phi) is 4.03. The summed E-state index contributed by atoms with van der Waals surface area (Å²) in [6.07, 6.45) is 0. The van der Waals surface area contributed by atoms with E-state index in [4.69, 9.17) is 10.9 Å². The van der Waals surface area contributed by atoms with Crippen molar-refractivity contribution in [3.8, 4) is 0 Å². The van der Waals surface area contributed by atoms with Crippen LogP contribution in [0.5, 0.6) is 0 Å². The Hall–Kier alpha value is -2.11. The van der Waals surface area contributed by atoms with Crippen molar-refractivity contribution in [3.05, 3.63) is 35.1 Å². The fourth-order valence-electron chi connectivity index (χ4n) is 1.32. The Morgan fingerprint density at radius 2 is 2.24 bits per heavy atom. The van der Waals surface area contributed by atoms with E-state index >= 15 is 0 Å². The quantitative estimate of drug-likeness (QED) is 0.318. The van der Waals surface area contributed by atoms with Crippen molar-refractivity contribution in [2.24, 2.45) is 10.9 Å². The molecule has 0 saturated heterocycles. The second-order valence-corrected chi connectivity index (χ2v) is 3.68. The number of oxime groups is 1. The van der Waals surface area contributed by atoms with E-state index in [2.05, 4.69) is 10.5 Å². The van der Waals surface area contributed by atoms with E-state index < -0.39 is 17.8 Å². The molecule has 4 N–H and O–H groups in total. The topological polar surface area (TPSA) is 87.7 Å². The second-order valence-electron chi connectivity index (χ2n) is 3.68. The molecule has 0 spiro atoms. The van der Waals surface area contributed by atoms with Crippen LogP contribution in [0.15, 0.2) is 23.4 Å². The van der Waals surface area contributed by atoms with Crippen LogP contribution < -0.4 is 11.1 Å². The summed E-state index contributed by atoms with van der Waals surface area (Å²) in [7, 11) is 0. The highest BCUT2D eigenvalue weighted by molar-refractivity contribution is 5.99. The van der Waals surface area contributed by atoms with Crippen molar-refractivity contribution in [1.29, 1.82) is 0 Å². The summed E-state index contributed by atoms with van der Waals surface area (Å²) in [5, 5.41) is 13.8. The predicted molar refractivity (Wildman–Crippen MR) is 61.5 cm³/mol. The number of nitrogens with two attached hydrogens (primary N) is 1. The Morgan fingerprint density at radius 3 is 2.76 bits per heavy atom. The average molecular weight is 239 g/mol. The zero-order valence-corrected chi connectivity index (χ0v) is 9.57. The number of nitrogens with zero attached hydrogens (tertiary/aromatic N) is 1. The number of carbonyl (C=O) groups is 1. The van der Waals surface area contributed by atoms with Gasteiger partial charge in [0.15, 0.2) is 5.84 Å². The molecule has 0 radical (unpaired) electrons. The number of aryl methyl sites for hydroxylation is 1. The van der Waals surface area contributed by atoms with Crippen LogP contribution in [0, 0.1) is 12.7 Å². The number of hydrogen-bond acceptors (Lipinski definition) is 3. The van der Waals surface area contributed by atoms with Crippen molar-refractivity contribution in [3.63, 3.8) is 0 Å². The maximum absolute atomic E-state index is 12.9. The zero-order chi connectivity index (χ0) is 13.0. The third kappa shape index (κ3) is 3.17. The maximum atomic E-state index is 12.9. The highest BCUT2D eigenvalue weighted by atomic mass is 19.1. The van der Waals surface area contributed by atoms with Gasteiger partial charge in [-0.3, -0.25) is 4.79 Å². The summed E-state index contributed by atoms with van der Waals surface area (Å²) in [6.45, 7) is 3.21. The molecule has 0 heterocycles. The summed E-state index contributed by atoms with van der Waals surface area (Å²) in [4.78, 5) is 11.8. The largest absolute Gasteiger partial charge is 0.409 e. The van der Waals surface area contributed by atoms with Gasteiger partial charge in [0.2, 0.25) is 0 Å². The number of rotatable bonds is 3. The van der Waals surface area contributed by atoms with Gasteiger partial charge in [-0.05, 0) is 37.6 Å². The Bertz CT molecular complexity index is 460. The minimum atomic E-state index is -0.600. The fourth-order valence-corrected chi connectivity index (χ4v) is 1.32. The molecular formula is C11H14FN3O2. The number of amidine groups is 1. The lowest BCUT2D eigenvalue weighted by molar-refractivity contribution is 0.0948. The third-order valence-corrected chi connectivity index (χ3v) is 2.34. The van der Waals surface area contributed by atoms with Crippen LogP contribution in [0.25, 0.3) is 0 Å². The average Bonchev–Trinajstić information content (AvgIpc) is 2.27. The first-order valence-corrected chi connectivity index (χ1v) is 5.00. The Balaban J connectivity index is 2.84. The smallest absolute Gasteiger partial charge is 0.252 e. The molecule has 0 aliphatic carbocycles. The number of hydrogen-bond donors (Lipinski definition) is 3. The van der Waals surface area contributed by atoms with Crippen LogP contribution in [-0.4, -0.2) is 23.0 Å². The van der Waals surface area contributed by atoms with Gasteiger partial charge in [0, 0.05) is 5.56 Å². The Labute approximate surface area is 98.1 Å². The maximum Gasteiger partial charge on any atom is 0.252 e. The number of carbonyl (C=O) groups excluding carboxylic acids is 1. The Morgan fingerprint density at radius 1 is 1.59 bits per heavy atom. The van der Waals surface area contributed by atoms with Gasteiger partial charge < -0.3 is 16.3 Å². The molecule has 92 valence electrons. The van der Waals surface area contributed by atoms with Crippen LogP contribution in [0.1, 0.15) is 22.8 Å². The molecule has 0 aromatic heterocycles. The van der Waals surface area contributed by atoms with Crippen LogP contribution in [0.3, 0.4) is 0 Å². The summed E-state index contributed by atoms with van der Waals surface area (Å²) in [5.74, 6) is -0.900. The lowest BCUT2D eigenvalue weighted by atomic mass is 10.1. The van der Waals surface area contributed by atoms with Gasteiger partial charge in [0.25, 0.3) is 5.91 Å². The normalized spacial score (nSPS) is 13.2. The first kappa shape index (κ1) is 13.0. The monoisotopic (exact) mass is 239 g/mol. The van der Waals surface area contributed by atoms with Crippen LogP contribution >= 0.6 is 0 Å². The lowest BCUT2D eigenvalue weighted by Crippen LogP contribution is -2.42. The molecule has 0 aliphatic rings. The third-order valence-electron chi connectivity index (χ3n) is 2.34. The fraction of sp³-hybridized carbons (Fsp3) is 0.273. The molecule has 1 unspecified atom stereocenters. The van der Waals surface area contributed by atoms with Gasteiger partial charge in [0.1, 0.15) is 5.82 Å². The van der Waals surface area contributed by atoms with Gasteiger partial charge in [-0.25, -0.2) is 4.39 Å². The lowest BCUT2D eigenvalue weighted by Gasteiger charge is -2.13. The second kappa shape index (κ2) is 5.29. The van der Waals surface area contributed by atoms with Crippen LogP contribution in [0.4, 0.5) is 4.39 Å². The number of halogens is 1. The first-order valence-electron chi connectivity index (χ1n) is 5.00. The summed E-state index contributed by atoms with van der Waals surface area (Å²) in [5.41, 5.74) is 6.20. The van der Waals surface area contributed by atoms with E-state index in [1.165, 1.54) is 18.2 Å². The highest BCUT2D eigenvalue weighted by Crippen LogP contribution is 2.10. The van der Waals surface area contributed by atoms with Gasteiger partial charge in [-0.1, -0.05) is 5.16 Å². The van der Waals surface area contributed by atoms with Crippen molar-refractivity contribution >= 4 is 11.7 Å². The first-order chi connectivity index (χ1) is 7.95. The molecule has 5 nitrogen and oxygen atoms in total. The minimum absolute atomic E-state index is 0.0990. The number of benzene rings is 1. The standard InChI is InChI=1S/C11H14FN3O2/c1-6-5-8(12)3-4-9(6)11(16)14-7(2)10(13)15-17/h3-5,7,17H,1-2H3,(H2,13,15)(H,14,16). The molecule has 0 aliphatic heterocycles. The molecular weight excluding hydrogens is 225 g/mol. The highest BCUT2D eigenvalue weighted by Gasteiger charge is 2.14. The van der Waals surface area contributed by atoms with Crippen molar-refractivity contribution in [2.75, 3.05) is 0 Å². The van der Waals surface area contributed by atoms with Gasteiger partial charge in [0.05, 0.1) is 6.04 Å². The summed E-state index contributed by atoms with van der Waals surface area (Å²) < 4.78 is 12.9. The summed E-state index contributed by atoms with van der Waals surface area (Å²) >= 11 is 0. The van der Waals surface area contributed by atoms with E-state index in [0.717, 1.165) is 0 Å². The molecule has 17 heavy (non-hydrogen) atoms.